The van der Waals surface area contributed by atoms with Crippen LogP contribution in [0.25, 0.3) is 0 Å². The van der Waals surface area contributed by atoms with E-state index in [1.54, 1.807) is 6.08 Å². The highest BCUT2D eigenvalue weighted by Gasteiger charge is 2.44. The summed E-state index contributed by atoms with van der Waals surface area (Å²) < 4.78 is 16.7. The van der Waals surface area contributed by atoms with E-state index in [1.165, 1.54) is 270 Å². The van der Waals surface area contributed by atoms with E-state index in [2.05, 4.69) is 67.8 Å². The van der Waals surface area contributed by atoms with Crippen LogP contribution in [0.3, 0.4) is 0 Å². The number of nitrogens with one attached hydrogen (secondary N) is 1. The number of hydrogen-bond donors (Lipinski definition) is 6. The summed E-state index contributed by atoms with van der Waals surface area (Å²) in [5.41, 5.74) is 0. The summed E-state index contributed by atoms with van der Waals surface area (Å²) in [5.74, 6) is -0.180. The van der Waals surface area contributed by atoms with Crippen molar-refractivity contribution in [3.8, 4) is 0 Å². The van der Waals surface area contributed by atoms with Crippen LogP contribution in [0.2, 0.25) is 0 Å². The zero-order valence-corrected chi connectivity index (χ0v) is 58.6. The van der Waals surface area contributed by atoms with Crippen molar-refractivity contribution >= 4 is 11.9 Å². The number of unbranched alkanes of at least 4 members (excludes halogenated alkanes) is 46. The predicted molar refractivity (Wildman–Crippen MR) is 380 cm³/mol. The van der Waals surface area contributed by atoms with E-state index in [0.29, 0.717) is 19.4 Å². The van der Waals surface area contributed by atoms with E-state index < -0.39 is 49.5 Å². The maximum Gasteiger partial charge on any atom is 0.305 e. The summed E-state index contributed by atoms with van der Waals surface area (Å²) in [6.07, 6.45) is 81.2. The molecule has 6 N–H and O–H groups in total. The highest BCUT2D eigenvalue weighted by molar-refractivity contribution is 5.76. The molecule has 526 valence electrons. The first kappa shape index (κ1) is 85.4. The van der Waals surface area contributed by atoms with Gasteiger partial charge in [0.05, 0.1) is 32.0 Å². The highest BCUT2D eigenvalue weighted by atomic mass is 16.7. The molecule has 0 aromatic carbocycles. The Morgan fingerprint density at radius 1 is 0.411 bits per heavy atom. The Morgan fingerprint density at radius 2 is 0.756 bits per heavy atom. The average Bonchev–Trinajstić information content (AvgIpc) is 1.59. The minimum Gasteiger partial charge on any atom is -0.466 e. The van der Waals surface area contributed by atoms with Gasteiger partial charge in [0.25, 0.3) is 0 Å². The molecule has 11 heteroatoms. The van der Waals surface area contributed by atoms with Gasteiger partial charge in [-0.05, 0) is 89.9 Å². The fourth-order valence-electron chi connectivity index (χ4n) is 12.0. The average molecular weight is 1270 g/mol. The minimum absolute atomic E-state index is 0.000198. The van der Waals surface area contributed by atoms with Crippen LogP contribution in [0, 0.1) is 0 Å². The Labute approximate surface area is 554 Å². The maximum atomic E-state index is 13.0. The van der Waals surface area contributed by atoms with E-state index in [0.717, 1.165) is 70.6 Å². The van der Waals surface area contributed by atoms with Crippen molar-refractivity contribution in [2.75, 3.05) is 19.8 Å². The van der Waals surface area contributed by atoms with E-state index in [4.69, 9.17) is 14.2 Å². The molecule has 1 amide bonds. The molecule has 1 saturated heterocycles. The number of aliphatic hydroxyl groups excluding tert-OH is 5. The van der Waals surface area contributed by atoms with Gasteiger partial charge in [-0.2, -0.15) is 0 Å². The summed E-state index contributed by atoms with van der Waals surface area (Å²) in [6, 6.07) is -0.807. The normalized spacial score (nSPS) is 18.0. The number of hydrogen-bond acceptors (Lipinski definition) is 10. The van der Waals surface area contributed by atoms with Crippen LogP contribution in [-0.2, 0) is 23.8 Å². The zero-order chi connectivity index (χ0) is 65.1. The second-order valence-corrected chi connectivity index (χ2v) is 26.7. The maximum absolute atomic E-state index is 13.0. The van der Waals surface area contributed by atoms with Crippen LogP contribution in [0.15, 0.2) is 60.8 Å². The molecular formula is C79H145NO10. The van der Waals surface area contributed by atoms with Gasteiger partial charge in [-0.25, -0.2) is 0 Å². The number of allylic oxidation sites excluding steroid dienone is 9. The third-order valence-corrected chi connectivity index (χ3v) is 18.1. The number of amides is 1. The number of esters is 1. The topological polar surface area (TPSA) is 175 Å². The summed E-state index contributed by atoms with van der Waals surface area (Å²) in [5, 5.41) is 54.3. The smallest absolute Gasteiger partial charge is 0.305 e. The summed E-state index contributed by atoms with van der Waals surface area (Å²) in [6.45, 7) is 4.30. The quantitative estimate of drug-likeness (QED) is 0.0195. The van der Waals surface area contributed by atoms with Gasteiger partial charge >= 0.3 is 5.97 Å². The Bertz CT molecular complexity index is 1680. The molecule has 0 saturated carbocycles. The van der Waals surface area contributed by atoms with E-state index in [-0.39, 0.29) is 18.5 Å². The van der Waals surface area contributed by atoms with Crippen molar-refractivity contribution in [3.05, 3.63) is 60.8 Å². The van der Waals surface area contributed by atoms with Crippen molar-refractivity contribution in [3.63, 3.8) is 0 Å². The third kappa shape index (κ3) is 55.8. The molecule has 1 rings (SSSR count). The van der Waals surface area contributed by atoms with Crippen molar-refractivity contribution in [2.45, 2.75) is 410 Å². The molecule has 0 aliphatic carbocycles. The van der Waals surface area contributed by atoms with Crippen molar-refractivity contribution in [1.29, 1.82) is 0 Å². The van der Waals surface area contributed by atoms with Gasteiger partial charge < -0.3 is 45.1 Å². The molecule has 7 atom stereocenters. The second-order valence-electron chi connectivity index (χ2n) is 26.7. The first-order valence-corrected chi connectivity index (χ1v) is 38.6. The summed E-state index contributed by atoms with van der Waals surface area (Å²) >= 11 is 0. The van der Waals surface area contributed by atoms with Crippen LogP contribution in [-0.4, -0.2) is 100 Å². The molecule has 90 heavy (non-hydrogen) atoms. The Kier molecular flexibility index (Phi) is 64.3. The molecule has 0 aromatic rings. The minimum atomic E-state index is -1.57. The van der Waals surface area contributed by atoms with Gasteiger partial charge in [-0.3, -0.25) is 9.59 Å². The molecule has 7 unspecified atom stereocenters. The van der Waals surface area contributed by atoms with Crippen LogP contribution in [0.1, 0.15) is 367 Å². The van der Waals surface area contributed by atoms with E-state index in [1.807, 2.05) is 6.08 Å². The number of rotatable bonds is 68. The molecule has 1 aliphatic rings. The SMILES string of the molecule is CCCC/C=C\C/C=C\CCCCCCCC(=O)OCCCCCCCCCCCCCCCCC/C=C\C/C=C\CCCCCCCCCCCCCCCCCCCC(=O)NC(COC1OC(CO)C(O)C(O)C1O)C(O)/C=C/CCCCCCCCC. The van der Waals surface area contributed by atoms with Gasteiger partial charge in [0.15, 0.2) is 6.29 Å². The van der Waals surface area contributed by atoms with Gasteiger partial charge in [0.2, 0.25) is 5.91 Å². The Balaban J connectivity index is 1.87. The lowest BCUT2D eigenvalue weighted by Crippen LogP contribution is -2.60. The van der Waals surface area contributed by atoms with Crippen molar-refractivity contribution < 1.29 is 49.3 Å². The van der Waals surface area contributed by atoms with Crippen molar-refractivity contribution in [1.82, 2.24) is 5.32 Å². The van der Waals surface area contributed by atoms with Crippen LogP contribution in [0.5, 0.6) is 0 Å². The van der Waals surface area contributed by atoms with Gasteiger partial charge in [-0.15, -0.1) is 0 Å². The summed E-state index contributed by atoms with van der Waals surface area (Å²) in [7, 11) is 0. The van der Waals surface area contributed by atoms with Crippen LogP contribution >= 0.6 is 0 Å². The molecule has 0 radical (unpaired) electrons. The molecule has 1 fully saturated rings. The number of ether oxygens (including phenoxy) is 3. The fraction of sp³-hybridized carbons (Fsp3) is 0.848. The first-order valence-electron chi connectivity index (χ1n) is 38.6. The Hall–Kier alpha value is -2.64. The van der Waals surface area contributed by atoms with Crippen molar-refractivity contribution in [2.24, 2.45) is 0 Å². The second kappa shape index (κ2) is 67.8. The summed E-state index contributed by atoms with van der Waals surface area (Å²) in [4.78, 5) is 25.1. The molecule has 0 spiro atoms. The third-order valence-electron chi connectivity index (χ3n) is 18.1. The van der Waals surface area contributed by atoms with Gasteiger partial charge in [0, 0.05) is 12.8 Å². The van der Waals surface area contributed by atoms with Crippen LogP contribution < -0.4 is 5.32 Å². The molecule has 0 aromatic heterocycles. The predicted octanol–water partition coefficient (Wildman–Crippen LogP) is 20.5. The van der Waals surface area contributed by atoms with Crippen LogP contribution in [0.4, 0.5) is 0 Å². The zero-order valence-electron chi connectivity index (χ0n) is 58.6. The van der Waals surface area contributed by atoms with Gasteiger partial charge in [-0.1, -0.05) is 325 Å². The number of carbonyl (C=O) groups is 2. The van der Waals surface area contributed by atoms with Gasteiger partial charge in [0.1, 0.15) is 24.4 Å². The fourth-order valence-corrected chi connectivity index (χ4v) is 12.0. The Morgan fingerprint density at radius 3 is 1.16 bits per heavy atom. The first-order chi connectivity index (χ1) is 44.2. The molecule has 1 heterocycles. The largest absolute Gasteiger partial charge is 0.466 e. The highest BCUT2D eigenvalue weighted by Crippen LogP contribution is 2.23. The molecule has 0 bridgehead atoms. The van der Waals surface area contributed by atoms with E-state index in [9.17, 15) is 35.1 Å². The standard InChI is InChI=1S/C79H145NO10/c1-3-5-7-9-11-13-14-15-44-47-51-55-59-63-67-75(84)88-68-64-60-56-52-48-45-42-40-38-36-34-32-30-28-26-24-22-20-18-16-17-19-21-23-25-27-29-31-33-35-37-39-41-43-46-50-54-58-62-66-74(83)80-71(72(82)65-61-57-53-49-12-10-8-6-4-2)70-89-79-78(87)77(86)76(85)73(69-81)90-79/h9,11,14-17,20,22,61,65,71-73,76-79,81-82,85-87H,3-8,10,12-13,18-19,21,23-60,62-64,66-70H2,1-2H3,(H,80,83)/b11-9-,15-14-,17-16-,22-20-,65-61+. The molecule has 1 aliphatic heterocycles. The van der Waals surface area contributed by atoms with E-state index >= 15 is 0 Å². The lowest BCUT2D eigenvalue weighted by atomic mass is 9.99. The number of aliphatic hydroxyl groups is 5. The monoisotopic (exact) mass is 1270 g/mol. The lowest BCUT2D eigenvalue weighted by molar-refractivity contribution is -0.302. The lowest BCUT2D eigenvalue weighted by Gasteiger charge is -2.40. The molecular weight excluding hydrogens is 1120 g/mol. The number of carbonyl (C=O) groups excluding carboxylic acids is 2. The molecule has 11 nitrogen and oxygen atoms in total.